The Hall–Kier alpha value is -11.2. The zero-order valence-corrected chi connectivity index (χ0v) is 44.8. The fraction of sp³-hybridized carbons (Fsp3) is 0.0137. The Morgan fingerprint density at radius 3 is 1.41 bits per heavy atom. The van der Waals surface area contributed by atoms with Crippen LogP contribution in [0.25, 0.3) is 98.7 Å². The first-order valence-corrected chi connectivity index (χ1v) is 28.3. The number of pyridine rings is 2. The van der Waals surface area contributed by atoms with Crippen molar-refractivity contribution in [2.75, 3.05) is 4.90 Å². The van der Waals surface area contributed by atoms with Gasteiger partial charge in [0.2, 0.25) is 0 Å². The highest BCUT2D eigenvalue weighted by Crippen LogP contribution is 2.63. The molecule has 9 nitrogen and oxygen atoms in total. The first kappa shape index (κ1) is 45.7. The lowest BCUT2D eigenvalue weighted by molar-refractivity contribution is 0.436. The molecule has 18 rings (SSSR count). The molecular formula is C73H40N8OS. The third-order valence-electron chi connectivity index (χ3n) is 17.4. The number of nitrogens with zero attached hydrogens (tertiary/aromatic N) is 8. The van der Waals surface area contributed by atoms with Crippen molar-refractivity contribution in [1.82, 2.24) is 23.7 Å². The molecule has 5 aromatic heterocycles. The van der Waals surface area contributed by atoms with Crippen molar-refractivity contribution in [3.8, 4) is 46.0 Å². The van der Waals surface area contributed by atoms with Gasteiger partial charge >= 0.3 is 0 Å². The number of aromatic nitrogens is 5. The number of hydrogen-bond acceptors (Lipinski definition) is 6. The molecule has 83 heavy (non-hydrogen) atoms. The molecule has 0 radical (unpaired) electrons. The van der Waals surface area contributed by atoms with E-state index in [1.165, 1.54) is 20.6 Å². The van der Waals surface area contributed by atoms with Gasteiger partial charge in [0.15, 0.2) is 5.69 Å². The molecular weight excluding hydrogens is 1040 g/mol. The second-order valence-corrected chi connectivity index (χ2v) is 22.6. The normalized spacial score (nSPS) is 14.6. The van der Waals surface area contributed by atoms with E-state index in [-0.39, 0.29) is 0 Å². The third kappa shape index (κ3) is 6.19. The summed E-state index contributed by atoms with van der Waals surface area (Å²) in [4.78, 5) is 19.6. The second kappa shape index (κ2) is 16.9. The van der Waals surface area contributed by atoms with Crippen LogP contribution in [0.4, 0.5) is 22.7 Å². The van der Waals surface area contributed by atoms with Gasteiger partial charge in [-0.15, -0.1) is 0 Å². The standard InChI is InChI=1S/C73H40N8OS/c1-75-44-27-33-64-54(35-44)52-17-5-9-21-62(52)81(64)48-37-58-72(77-42-48)71-57(36-47(41-76-71)80-61-20-8-4-16-51(61)53-34-43(40-74)26-32-63(53)80)73(58)55-30-28-45(78-59-18-6-2-14-49(59)50-15-3-7-19-60(50)78)38-67(55)82-68-39-46(29-31-56(68)73)79-65-22-10-12-24-69(65)83-70-25-13-11-23-66(70)79/h2-39,41-42H. The van der Waals surface area contributed by atoms with Crippen LogP contribution < -0.4 is 9.64 Å². The largest absolute Gasteiger partial charge is 0.457 e. The van der Waals surface area contributed by atoms with Gasteiger partial charge in [-0.2, -0.15) is 5.26 Å². The highest BCUT2D eigenvalue weighted by molar-refractivity contribution is 7.99. The molecule has 384 valence electrons. The number of benzene rings is 10. The molecule has 3 aliphatic rings. The van der Waals surface area contributed by atoms with Crippen molar-refractivity contribution < 1.29 is 4.74 Å². The maximum absolute atomic E-state index is 10.1. The van der Waals surface area contributed by atoms with E-state index in [1.807, 2.05) is 36.7 Å². The van der Waals surface area contributed by atoms with Crippen LogP contribution in [0.15, 0.2) is 253 Å². The van der Waals surface area contributed by atoms with Crippen molar-refractivity contribution in [3.63, 3.8) is 0 Å². The summed E-state index contributed by atoms with van der Waals surface area (Å²) in [5, 5.41) is 16.6. The quantitative estimate of drug-likeness (QED) is 0.163. The summed E-state index contributed by atoms with van der Waals surface area (Å²) >= 11 is 1.79. The number of hydrogen-bond donors (Lipinski definition) is 0. The highest BCUT2D eigenvalue weighted by atomic mass is 32.2. The van der Waals surface area contributed by atoms with E-state index in [1.54, 1.807) is 11.8 Å². The van der Waals surface area contributed by atoms with Crippen molar-refractivity contribution >= 4 is 99.9 Å². The molecule has 1 spiro atoms. The first-order valence-electron chi connectivity index (χ1n) is 27.5. The Bertz CT molecular complexity index is 5200. The summed E-state index contributed by atoms with van der Waals surface area (Å²) in [5.41, 5.74) is 17.5. The third-order valence-corrected chi connectivity index (χ3v) is 18.5. The molecule has 10 aromatic carbocycles. The Morgan fingerprint density at radius 1 is 0.422 bits per heavy atom. The Balaban J connectivity index is 0.958. The van der Waals surface area contributed by atoms with E-state index < -0.39 is 5.41 Å². The van der Waals surface area contributed by atoms with Crippen molar-refractivity contribution in [3.05, 3.63) is 282 Å². The summed E-state index contributed by atoms with van der Waals surface area (Å²) in [7, 11) is 0. The number of rotatable bonds is 4. The average Bonchev–Trinajstić information content (AvgIpc) is 2.01. The highest BCUT2D eigenvalue weighted by Gasteiger charge is 2.53. The van der Waals surface area contributed by atoms with E-state index in [0.717, 1.165) is 122 Å². The minimum Gasteiger partial charge on any atom is -0.457 e. The predicted molar refractivity (Wildman–Crippen MR) is 332 cm³/mol. The molecule has 0 N–H and O–H groups in total. The van der Waals surface area contributed by atoms with Gasteiger partial charge < -0.3 is 23.3 Å². The number of ether oxygens (including phenoxy) is 1. The van der Waals surface area contributed by atoms with Crippen LogP contribution in [0.3, 0.4) is 0 Å². The first-order chi connectivity index (χ1) is 41.0. The van der Waals surface area contributed by atoms with E-state index >= 15 is 0 Å². The summed E-state index contributed by atoms with van der Waals surface area (Å²) in [5.74, 6) is 1.42. The van der Waals surface area contributed by atoms with E-state index in [9.17, 15) is 5.26 Å². The summed E-state index contributed by atoms with van der Waals surface area (Å²) in [6.07, 6.45) is 3.95. The zero-order valence-electron chi connectivity index (χ0n) is 44.0. The van der Waals surface area contributed by atoms with E-state index in [0.29, 0.717) is 22.7 Å². The van der Waals surface area contributed by atoms with Crippen LogP contribution in [0.5, 0.6) is 11.5 Å². The van der Waals surface area contributed by atoms with E-state index in [4.69, 9.17) is 21.3 Å². The molecule has 1 unspecified atom stereocenters. The maximum atomic E-state index is 10.1. The second-order valence-electron chi connectivity index (χ2n) is 21.5. The molecule has 2 aliphatic heterocycles. The minimum atomic E-state index is -1.06. The predicted octanol–water partition coefficient (Wildman–Crippen LogP) is 18.6. The molecule has 0 saturated heterocycles. The maximum Gasteiger partial charge on any atom is 0.188 e. The lowest BCUT2D eigenvalue weighted by atomic mass is 9.66. The fourth-order valence-electron chi connectivity index (χ4n) is 14.0. The van der Waals surface area contributed by atoms with Gasteiger partial charge in [0.05, 0.1) is 103 Å². The van der Waals surface area contributed by atoms with Gasteiger partial charge in [0.25, 0.3) is 0 Å². The van der Waals surface area contributed by atoms with Crippen LogP contribution in [0, 0.1) is 17.9 Å². The summed E-state index contributed by atoms with van der Waals surface area (Å²) < 4.78 is 14.5. The summed E-state index contributed by atoms with van der Waals surface area (Å²) in [6.45, 7) is 7.97. The van der Waals surface area contributed by atoms with Crippen molar-refractivity contribution in [2.45, 2.75) is 15.2 Å². The summed E-state index contributed by atoms with van der Waals surface area (Å²) in [6, 6.07) is 83.7. The number of nitriles is 1. The van der Waals surface area contributed by atoms with Crippen LogP contribution >= 0.6 is 11.8 Å². The molecule has 1 aliphatic carbocycles. The van der Waals surface area contributed by atoms with Gasteiger partial charge in [-0.25, -0.2) is 4.85 Å². The van der Waals surface area contributed by atoms with E-state index in [2.05, 4.69) is 236 Å². The molecule has 0 amide bonds. The van der Waals surface area contributed by atoms with Crippen LogP contribution in [-0.2, 0) is 5.41 Å². The number of para-hydroxylation sites is 6. The lowest BCUT2D eigenvalue weighted by Gasteiger charge is -2.40. The van der Waals surface area contributed by atoms with Gasteiger partial charge in [-0.05, 0) is 109 Å². The van der Waals surface area contributed by atoms with Gasteiger partial charge in [0.1, 0.15) is 11.5 Å². The minimum absolute atomic E-state index is 0.586. The van der Waals surface area contributed by atoms with Crippen LogP contribution in [-0.4, -0.2) is 23.7 Å². The zero-order chi connectivity index (χ0) is 54.7. The van der Waals surface area contributed by atoms with Crippen molar-refractivity contribution in [1.29, 1.82) is 5.26 Å². The van der Waals surface area contributed by atoms with Crippen LogP contribution in [0.2, 0.25) is 0 Å². The topological polar surface area (TPSA) is 81.2 Å². The van der Waals surface area contributed by atoms with Gasteiger partial charge in [-0.1, -0.05) is 127 Å². The Morgan fingerprint density at radius 2 is 0.867 bits per heavy atom. The van der Waals surface area contributed by atoms with Gasteiger partial charge in [-0.3, -0.25) is 9.97 Å². The number of fused-ring (bicyclic) bond motifs is 20. The Labute approximate surface area is 479 Å². The molecule has 1 atom stereocenters. The van der Waals surface area contributed by atoms with Crippen molar-refractivity contribution in [2.24, 2.45) is 0 Å². The molecule has 0 saturated carbocycles. The lowest BCUT2D eigenvalue weighted by Crippen LogP contribution is -2.33. The molecule has 10 heteroatoms. The van der Waals surface area contributed by atoms with Gasteiger partial charge in [0, 0.05) is 82.5 Å². The smallest absolute Gasteiger partial charge is 0.188 e. The van der Waals surface area contributed by atoms with Crippen LogP contribution in [0.1, 0.15) is 27.8 Å². The average molecular weight is 1080 g/mol. The molecule has 7 heterocycles. The molecule has 15 aromatic rings. The SMILES string of the molecule is [C-]#[N+]c1ccc2c(c1)c1ccccc1n2-c1cnc2c(c1)C1(c3ccc(N4c5ccccc5Sc5ccccc54)cc3Oc3cc(-n4c5ccccc5c5ccccc54)ccc31)c1cc(-n3c4ccccc4c4cc(C#N)ccc43)cnc1-2. The monoisotopic (exact) mass is 1080 g/mol. The number of anilines is 3. The Kier molecular flexibility index (Phi) is 9.32. The molecule has 0 fully saturated rings. The fourth-order valence-corrected chi connectivity index (χ4v) is 15.0. The molecule has 0 bridgehead atoms.